The van der Waals surface area contributed by atoms with E-state index in [0.29, 0.717) is 26.9 Å². The molecule has 0 radical (unpaired) electrons. The Balaban J connectivity index is 2.47. The van der Waals surface area contributed by atoms with Gasteiger partial charge in [-0.05, 0) is 18.2 Å². The predicted molar refractivity (Wildman–Crippen MR) is 75.4 cm³/mol. The molecule has 2 rings (SSSR count). The number of methoxy groups -OCH3 is 1. The van der Waals surface area contributed by atoms with Gasteiger partial charge < -0.3 is 10.5 Å². The third-order valence-electron chi connectivity index (χ3n) is 2.85. The normalized spacial score (nSPS) is 12.3. The summed E-state index contributed by atoms with van der Waals surface area (Å²) in [6.07, 6.45) is 0. The second-order valence-electron chi connectivity index (χ2n) is 4.00. The molecule has 0 aliphatic heterocycles. The van der Waals surface area contributed by atoms with Gasteiger partial charge in [-0.15, -0.1) is 0 Å². The second-order valence-corrected chi connectivity index (χ2v) is 4.81. The first-order valence-corrected chi connectivity index (χ1v) is 6.33. The summed E-state index contributed by atoms with van der Waals surface area (Å²) in [5.41, 5.74) is 6.89. The van der Waals surface area contributed by atoms with Crippen molar-refractivity contribution in [3.8, 4) is 5.75 Å². The van der Waals surface area contributed by atoms with Gasteiger partial charge in [0, 0.05) is 27.2 Å². The Bertz CT molecular complexity index is 584. The van der Waals surface area contributed by atoms with Crippen LogP contribution in [0.25, 0.3) is 0 Å². The first-order valence-electron chi connectivity index (χ1n) is 5.57. The second kappa shape index (κ2) is 5.78. The molecule has 1 unspecified atom stereocenters. The molecule has 19 heavy (non-hydrogen) atoms. The van der Waals surface area contributed by atoms with Gasteiger partial charge in [0.2, 0.25) is 0 Å². The van der Waals surface area contributed by atoms with Crippen molar-refractivity contribution >= 4 is 23.2 Å². The Labute approximate surface area is 120 Å². The molecule has 2 aromatic carbocycles. The Morgan fingerprint density at radius 2 is 1.79 bits per heavy atom. The molecular weight excluding hydrogens is 288 g/mol. The number of hydrogen-bond acceptors (Lipinski definition) is 2. The van der Waals surface area contributed by atoms with Crippen molar-refractivity contribution in [2.75, 3.05) is 7.11 Å². The van der Waals surface area contributed by atoms with Crippen LogP contribution in [-0.4, -0.2) is 7.11 Å². The molecule has 0 aromatic heterocycles. The molecule has 5 heteroatoms. The molecule has 0 aliphatic rings. The fourth-order valence-electron chi connectivity index (χ4n) is 1.85. The zero-order valence-corrected chi connectivity index (χ0v) is 11.7. The molecular formula is C14H12Cl2FNO. The van der Waals surface area contributed by atoms with E-state index < -0.39 is 11.9 Å². The number of ether oxygens (including phenoxy) is 1. The fraction of sp³-hybridized carbons (Fsp3) is 0.143. The lowest BCUT2D eigenvalue weighted by Gasteiger charge is -2.17. The van der Waals surface area contributed by atoms with Gasteiger partial charge in [-0.25, -0.2) is 4.39 Å². The van der Waals surface area contributed by atoms with Gasteiger partial charge >= 0.3 is 0 Å². The highest BCUT2D eigenvalue weighted by atomic mass is 35.5. The van der Waals surface area contributed by atoms with Gasteiger partial charge in [0.15, 0.2) is 0 Å². The van der Waals surface area contributed by atoms with Crippen LogP contribution < -0.4 is 10.5 Å². The van der Waals surface area contributed by atoms with Crippen LogP contribution in [0.3, 0.4) is 0 Å². The van der Waals surface area contributed by atoms with Crippen molar-refractivity contribution in [1.29, 1.82) is 0 Å². The van der Waals surface area contributed by atoms with Crippen LogP contribution in [0.4, 0.5) is 4.39 Å². The fourth-order valence-corrected chi connectivity index (χ4v) is 2.48. The Kier molecular flexibility index (Phi) is 4.30. The van der Waals surface area contributed by atoms with Crippen molar-refractivity contribution in [3.63, 3.8) is 0 Å². The third kappa shape index (κ3) is 2.84. The maximum atomic E-state index is 14.0. The number of halogens is 3. The summed E-state index contributed by atoms with van der Waals surface area (Å²) < 4.78 is 18.9. The zero-order chi connectivity index (χ0) is 14.0. The Hall–Kier alpha value is -1.29. The molecule has 0 heterocycles. The van der Waals surface area contributed by atoms with Gasteiger partial charge in [-0.1, -0.05) is 35.3 Å². The van der Waals surface area contributed by atoms with Gasteiger partial charge in [-0.2, -0.15) is 0 Å². The number of rotatable bonds is 3. The maximum Gasteiger partial charge on any atom is 0.132 e. The summed E-state index contributed by atoms with van der Waals surface area (Å²) in [5, 5.41) is 0.824. The highest BCUT2D eigenvalue weighted by molar-refractivity contribution is 6.36. The molecule has 0 amide bonds. The van der Waals surface area contributed by atoms with E-state index in [9.17, 15) is 4.39 Å². The molecule has 1 atom stereocenters. The maximum absolute atomic E-state index is 14.0. The van der Waals surface area contributed by atoms with Crippen LogP contribution in [0.1, 0.15) is 17.2 Å². The van der Waals surface area contributed by atoms with E-state index >= 15 is 0 Å². The van der Waals surface area contributed by atoms with Crippen molar-refractivity contribution in [3.05, 3.63) is 63.4 Å². The number of hydrogen-bond donors (Lipinski definition) is 1. The lowest BCUT2D eigenvalue weighted by Crippen LogP contribution is -2.14. The van der Waals surface area contributed by atoms with Crippen molar-refractivity contribution in [2.24, 2.45) is 5.73 Å². The molecule has 2 nitrogen and oxygen atoms in total. The molecule has 0 saturated heterocycles. The highest BCUT2D eigenvalue weighted by Crippen LogP contribution is 2.34. The van der Waals surface area contributed by atoms with Crippen molar-refractivity contribution in [1.82, 2.24) is 0 Å². The standard InChI is InChI=1S/C14H12Cl2FNO/c1-19-8-5-6-9(12(17)7-8)14(18)13-10(15)3-2-4-11(13)16/h2-7,14H,18H2,1H3. The van der Waals surface area contributed by atoms with Gasteiger partial charge in [0.1, 0.15) is 11.6 Å². The van der Waals surface area contributed by atoms with Crippen LogP contribution in [0.5, 0.6) is 5.75 Å². The highest BCUT2D eigenvalue weighted by Gasteiger charge is 2.19. The van der Waals surface area contributed by atoms with Crippen LogP contribution in [0.15, 0.2) is 36.4 Å². The smallest absolute Gasteiger partial charge is 0.132 e. The monoisotopic (exact) mass is 299 g/mol. The molecule has 0 fully saturated rings. The van der Waals surface area contributed by atoms with Crippen LogP contribution in [0.2, 0.25) is 10.0 Å². The van der Waals surface area contributed by atoms with Crippen LogP contribution in [0, 0.1) is 5.82 Å². The third-order valence-corrected chi connectivity index (χ3v) is 3.51. The Morgan fingerprint density at radius 3 is 2.32 bits per heavy atom. The lowest BCUT2D eigenvalue weighted by molar-refractivity contribution is 0.410. The topological polar surface area (TPSA) is 35.2 Å². The average Bonchev–Trinajstić information content (AvgIpc) is 2.38. The summed E-state index contributed by atoms with van der Waals surface area (Å²) in [6, 6.07) is 8.81. The molecule has 100 valence electrons. The SMILES string of the molecule is COc1ccc(C(N)c2c(Cl)cccc2Cl)c(F)c1. The lowest BCUT2D eigenvalue weighted by atomic mass is 9.99. The van der Waals surface area contributed by atoms with E-state index in [1.54, 1.807) is 30.3 Å². The molecule has 0 bridgehead atoms. The molecule has 0 spiro atoms. The quantitative estimate of drug-likeness (QED) is 0.922. The van der Waals surface area contributed by atoms with E-state index in [1.807, 2.05) is 0 Å². The van der Waals surface area contributed by atoms with E-state index in [2.05, 4.69) is 0 Å². The van der Waals surface area contributed by atoms with E-state index in [1.165, 1.54) is 13.2 Å². The summed E-state index contributed by atoms with van der Waals surface area (Å²) >= 11 is 12.1. The number of nitrogens with two attached hydrogens (primary N) is 1. The summed E-state index contributed by atoms with van der Waals surface area (Å²) in [4.78, 5) is 0. The van der Waals surface area contributed by atoms with Crippen molar-refractivity contribution < 1.29 is 9.13 Å². The van der Waals surface area contributed by atoms with Crippen molar-refractivity contribution in [2.45, 2.75) is 6.04 Å². The van der Waals surface area contributed by atoms with Gasteiger partial charge in [0.05, 0.1) is 13.2 Å². The van der Waals surface area contributed by atoms with Gasteiger partial charge in [0.25, 0.3) is 0 Å². The Morgan fingerprint density at radius 1 is 1.16 bits per heavy atom. The van der Waals surface area contributed by atoms with Crippen LogP contribution >= 0.6 is 23.2 Å². The number of benzene rings is 2. The van der Waals surface area contributed by atoms with E-state index in [4.69, 9.17) is 33.7 Å². The van der Waals surface area contributed by atoms with E-state index in [0.717, 1.165) is 0 Å². The minimum atomic E-state index is -0.730. The summed E-state index contributed by atoms with van der Waals surface area (Å²) in [6.45, 7) is 0. The largest absolute Gasteiger partial charge is 0.497 e. The molecule has 0 saturated carbocycles. The summed E-state index contributed by atoms with van der Waals surface area (Å²) in [5.74, 6) is -0.0264. The van der Waals surface area contributed by atoms with Crippen LogP contribution in [-0.2, 0) is 0 Å². The minimum Gasteiger partial charge on any atom is -0.497 e. The van der Waals surface area contributed by atoms with E-state index in [-0.39, 0.29) is 0 Å². The summed E-state index contributed by atoms with van der Waals surface area (Å²) in [7, 11) is 1.47. The zero-order valence-electron chi connectivity index (χ0n) is 10.2. The predicted octanol–water partition coefficient (Wildman–Crippen LogP) is 4.19. The van der Waals surface area contributed by atoms with Gasteiger partial charge in [-0.3, -0.25) is 0 Å². The average molecular weight is 300 g/mol. The molecule has 2 N–H and O–H groups in total. The first kappa shape index (κ1) is 14.1. The first-order chi connectivity index (χ1) is 9.04. The molecule has 0 aliphatic carbocycles. The molecule has 2 aromatic rings. The minimum absolute atomic E-state index is 0.316.